The SMILES string of the molecule is CC12C=CC=CC1=NC=C1C=C(N)C=CC12. The Hall–Kier alpha value is -1.83. The summed E-state index contributed by atoms with van der Waals surface area (Å²) in [6, 6.07) is 0. The normalized spacial score (nSPS) is 34.8. The first-order valence-electron chi connectivity index (χ1n) is 5.50. The molecule has 0 radical (unpaired) electrons. The fourth-order valence-electron chi connectivity index (χ4n) is 2.57. The number of hydrogen-bond donors (Lipinski definition) is 1. The van der Waals surface area contributed by atoms with Crippen LogP contribution in [0.3, 0.4) is 0 Å². The van der Waals surface area contributed by atoms with Crippen LogP contribution < -0.4 is 5.73 Å². The highest BCUT2D eigenvalue weighted by Crippen LogP contribution is 2.43. The van der Waals surface area contributed by atoms with Crippen molar-refractivity contribution in [3.8, 4) is 0 Å². The fraction of sp³-hybridized carbons (Fsp3) is 0.214. The molecular weight excluding hydrogens is 196 g/mol. The lowest BCUT2D eigenvalue weighted by atomic mass is 9.66. The lowest BCUT2D eigenvalue weighted by molar-refractivity contribution is 0.475. The van der Waals surface area contributed by atoms with E-state index >= 15 is 0 Å². The van der Waals surface area contributed by atoms with Crippen molar-refractivity contribution in [3.05, 3.63) is 60.0 Å². The highest BCUT2D eigenvalue weighted by Gasteiger charge is 2.39. The van der Waals surface area contributed by atoms with Gasteiger partial charge in [-0.3, -0.25) is 4.99 Å². The minimum atomic E-state index is -0.0213. The summed E-state index contributed by atoms with van der Waals surface area (Å²) in [5, 5.41) is 0. The van der Waals surface area contributed by atoms with Gasteiger partial charge in [-0.05, 0) is 30.7 Å². The Morgan fingerprint density at radius 1 is 1.31 bits per heavy atom. The summed E-state index contributed by atoms with van der Waals surface area (Å²) >= 11 is 0. The monoisotopic (exact) mass is 210 g/mol. The van der Waals surface area contributed by atoms with Gasteiger partial charge in [-0.2, -0.15) is 0 Å². The van der Waals surface area contributed by atoms with E-state index in [0.717, 1.165) is 11.4 Å². The summed E-state index contributed by atoms with van der Waals surface area (Å²) < 4.78 is 0. The zero-order valence-corrected chi connectivity index (χ0v) is 9.22. The Morgan fingerprint density at radius 2 is 2.19 bits per heavy atom. The molecule has 16 heavy (non-hydrogen) atoms. The molecule has 0 aromatic heterocycles. The van der Waals surface area contributed by atoms with E-state index in [1.807, 2.05) is 24.4 Å². The molecule has 3 aliphatic rings. The van der Waals surface area contributed by atoms with Gasteiger partial charge in [-0.1, -0.05) is 24.3 Å². The van der Waals surface area contributed by atoms with Crippen LogP contribution in [0.2, 0.25) is 0 Å². The molecule has 2 aliphatic carbocycles. The molecule has 0 amide bonds. The van der Waals surface area contributed by atoms with E-state index in [2.05, 4.69) is 36.2 Å². The summed E-state index contributed by atoms with van der Waals surface area (Å²) in [7, 11) is 0. The standard InChI is InChI=1S/C14H14N2/c1-14-7-3-2-4-13(14)16-9-10-8-11(15)5-6-12(10)14/h2-9,12H,15H2,1H3. The first-order chi connectivity index (χ1) is 7.70. The second-order valence-corrected chi connectivity index (χ2v) is 4.63. The zero-order valence-electron chi connectivity index (χ0n) is 9.22. The molecule has 0 spiro atoms. The van der Waals surface area contributed by atoms with E-state index in [9.17, 15) is 0 Å². The highest BCUT2D eigenvalue weighted by atomic mass is 14.8. The molecule has 2 N–H and O–H groups in total. The van der Waals surface area contributed by atoms with Gasteiger partial charge in [0.1, 0.15) is 0 Å². The molecule has 1 aliphatic heterocycles. The summed E-state index contributed by atoms with van der Waals surface area (Å²) in [6.07, 6.45) is 16.6. The minimum Gasteiger partial charge on any atom is -0.399 e. The molecular formula is C14H14N2. The molecule has 1 heterocycles. The summed E-state index contributed by atoms with van der Waals surface area (Å²) in [5.74, 6) is 0.355. The number of aliphatic imine (C=N–C) groups is 1. The van der Waals surface area contributed by atoms with Crippen molar-refractivity contribution in [1.82, 2.24) is 0 Å². The van der Waals surface area contributed by atoms with Crippen LogP contribution in [0.25, 0.3) is 0 Å². The van der Waals surface area contributed by atoms with Gasteiger partial charge in [0.2, 0.25) is 0 Å². The Labute approximate surface area is 95.3 Å². The van der Waals surface area contributed by atoms with Crippen LogP contribution in [-0.2, 0) is 0 Å². The Kier molecular flexibility index (Phi) is 1.81. The number of allylic oxidation sites excluding steroid dienone is 8. The number of rotatable bonds is 0. The van der Waals surface area contributed by atoms with Gasteiger partial charge < -0.3 is 5.73 Å². The molecule has 2 heteroatoms. The van der Waals surface area contributed by atoms with Crippen molar-refractivity contribution >= 4 is 5.71 Å². The van der Waals surface area contributed by atoms with Gasteiger partial charge >= 0.3 is 0 Å². The molecule has 2 atom stereocenters. The van der Waals surface area contributed by atoms with Gasteiger partial charge in [0.25, 0.3) is 0 Å². The van der Waals surface area contributed by atoms with E-state index in [1.165, 1.54) is 5.57 Å². The largest absolute Gasteiger partial charge is 0.399 e. The lowest BCUT2D eigenvalue weighted by Crippen LogP contribution is -2.37. The minimum absolute atomic E-state index is 0.0213. The van der Waals surface area contributed by atoms with E-state index in [1.54, 1.807) is 0 Å². The second kappa shape index (κ2) is 3.08. The van der Waals surface area contributed by atoms with Crippen molar-refractivity contribution in [3.63, 3.8) is 0 Å². The third-order valence-electron chi connectivity index (χ3n) is 3.53. The maximum atomic E-state index is 5.81. The third-order valence-corrected chi connectivity index (χ3v) is 3.53. The first kappa shape index (κ1) is 9.40. The predicted octanol–water partition coefficient (Wildman–Crippen LogP) is 2.49. The molecule has 2 unspecified atom stereocenters. The van der Waals surface area contributed by atoms with Gasteiger partial charge in [-0.25, -0.2) is 0 Å². The van der Waals surface area contributed by atoms with E-state index in [4.69, 9.17) is 5.73 Å². The van der Waals surface area contributed by atoms with Crippen molar-refractivity contribution in [1.29, 1.82) is 0 Å². The molecule has 0 aromatic carbocycles. The number of nitrogens with two attached hydrogens (primary N) is 1. The molecule has 0 saturated carbocycles. The summed E-state index contributed by atoms with van der Waals surface area (Å²) in [5.41, 5.74) is 8.92. The smallest absolute Gasteiger partial charge is 0.0509 e. The van der Waals surface area contributed by atoms with Gasteiger partial charge in [-0.15, -0.1) is 0 Å². The van der Waals surface area contributed by atoms with Crippen LogP contribution in [0.15, 0.2) is 65.0 Å². The highest BCUT2D eigenvalue weighted by molar-refractivity contribution is 6.04. The van der Waals surface area contributed by atoms with Gasteiger partial charge in [0.15, 0.2) is 0 Å². The molecule has 3 rings (SSSR count). The van der Waals surface area contributed by atoms with Crippen LogP contribution in [0.4, 0.5) is 0 Å². The Bertz CT molecular complexity index is 515. The maximum Gasteiger partial charge on any atom is 0.0509 e. The third kappa shape index (κ3) is 1.16. The first-order valence-corrected chi connectivity index (χ1v) is 5.50. The van der Waals surface area contributed by atoms with Gasteiger partial charge in [0.05, 0.1) is 5.71 Å². The molecule has 0 aromatic rings. The van der Waals surface area contributed by atoms with Crippen LogP contribution in [0.5, 0.6) is 0 Å². The van der Waals surface area contributed by atoms with Gasteiger partial charge in [0, 0.05) is 23.2 Å². The predicted molar refractivity (Wildman–Crippen MR) is 66.8 cm³/mol. The average Bonchev–Trinajstić information content (AvgIpc) is 2.28. The van der Waals surface area contributed by atoms with Crippen LogP contribution in [-0.4, -0.2) is 5.71 Å². The Morgan fingerprint density at radius 3 is 3.06 bits per heavy atom. The lowest BCUT2D eigenvalue weighted by Gasteiger charge is -2.39. The van der Waals surface area contributed by atoms with E-state index < -0.39 is 0 Å². The van der Waals surface area contributed by atoms with Crippen LogP contribution >= 0.6 is 0 Å². The second-order valence-electron chi connectivity index (χ2n) is 4.63. The van der Waals surface area contributed by atoms with Crippen molar-refractivity contribution < 1.29 is 0 Å². The summed E-state index contributed by atoms with van der Waals surface area (Å²) in [4.78, 5) is 4.52. The molecule has 0 fully saturated rings. The average molecular weight is 210 g/mol. The van der Waals surface area contributed by atoms with Crippen molar-refractivity contribution in [2.75, 3.05) is 0 Å². The molecule has 80 valence electrons. The molecule has 0 bridgehead atoms. The molecule has 0 saturated heterocycles. The fourth-order valence-corrected chi connectivity index (χ4v) is 2.57. The van der Waals surface area contributed by atoms with Crippen LogP contribution in [0, 0.1) is 11.3 Å². The number of fused-ring (bicyclic) bond motifs is 3. The topological polar surface area (TPSA) is 38.4 Å². The number of hydrogen-bond acceptors (Lipinski definition) is 2. The Balaban J connectivity index is 2.15. The van der Waals surface area contributed by atoms with Crippen molar-refractivity contribution in [2.45, 2.75) is 6.92 Å². The quantitative estimate of drug-likeness (QED) is 0.655. The van der Waals surface area contributed by atoms with E-state index in [0.29, 0.717) is 5.92 Å². The maximum absolute atomic E-state index is 5.81. The van der Waals surface area contributed by atoms with Crippen molar-refractivity contribution in [2.24, 2.45) is 22.1 Å². The zero-order chi connectivity index (χ0) is 11.2. The van der Waals surface area contributed by atoms with Crippen LogP contribution in [0.1, 0.15) is 6.92 Å². The summed E-state index contributed by atoms with van der Waals surface area (Å²) in [6.45, 7) is 2.23. The number of nitrogens with zero attached hydrogens (tertiary/aromatic N) is 1. The molecule has 2 nitrogen and oxygen atoms in total. The van der Waals surface area contributed by atoms with E-state index in [-0.39, 0.29) is 5.41 Å².